The molecule has 0 amide bonds. The van der Waals surface area contributed by atoms with Gasteiger partial charge >= 0.3 is 0 Å². The van der Waals surface area contributed by atoms with Gasteiger partial charge in [-0.2, -0.15) is 0 Å². The summed E-state index contributed by atoms with van der Waals surface area (Å²) in [6.45, 7) is 5.39. The van der Waals surface area contributed by atoms with Gasteiger partial charge in [0.2, 0.25) is 0 Å². The molecule has 0 aromatic rings. The van der Waals surface area contributed by atoms with Crippen molar-refractivity contribution in [3.8, 4) is 0 Å². The summed E-state index contributed by atoms with van der Waals surface area (Å²) in [5.74, 6) is 0. The highest BCUT2D eigenvalue weighted by atomic mass is 19.1. The summed E-state index contributed by atoms with van der Waals surface area (Å²) < 4.78 is 12.5. The molecule has 0 heterocycles. The molecule has 17 heavy (non-hydrogen) atoms. The van der Waals surface area contributed by atoms with Crippen molar-refractivity contribution >= 4 is 0 Å². The molecule has 0 saturated heterocycles. The number of rotatable bonds is 13. The maximum Gasteiger partial charge on any atom is 0.0973 e. The molecular formula is C16H31F. The molecule has 0 saturated carbocycles. The predicted octanol–water partition coefficient (Wildman–Crippen LogP) is 6.21. The molecule has 102 valence electrons. The first kappa shape index (κ1) is 16.7. The summed E-state index contributed by atoms with van der Waals surface area (Å²) in [6.07, 6.45) is 16.4. The SMILES string of the molecule is C=CCCCCCCCCCCCCC(C)F. The van der Waals surface area contributed by atoms with Crippen LogP contribution in [0.1, 0.15) is 84.0 Å². The summed E-state index contributed by atoms with van der Waals surface area (Å²) in [6, 6.07) is 0. The Kier molecular flexibility index (Phi) is 13.5. The van der Waals surface area contributed by atoms with Gasteiger partial charge in [0.25, 0.3) is 0 Å². The van der Waals surface area contributed by atoms with E-state index in [1.165, 1.54) is 64.2 Å². The van der Waals surface area contributed by atoms with Crippen LogP contribution in [0.5, 0.6) is 0 Å². The van der Waals surface area contributed by atoms with Gasteiger partial charge < -0.3 is 0 Å². The van der Waals surface area contributed by atoms with Crippen LogP contribution in [0.2, 0.25) is 0 Å². The van der Waals surface area contributed by atoms with E-state index >= 15 is 0 Å². The Labute approximate surface area is 108 Å². The van der Waals surface area contributed by atoms with Gasteiger partial charge in [-0.3, -0.25) is 0 Å². The molecule has 0 bridgehead atoms. The quantitative estimate of drug-likeness (QED) is 0.266. The highest BCUT2D eigenvalue weighted by Gasteiger charge is 1.97. The molecule has 0 spiro atoms. The molecule has 0 nitrogen and oxygen atoms in total. The third-order valence-corrected chi connectivity index (χ3v) is 3.26. The fourth-order valence-corrected chi connectivity index (χ4v) is 2.13. The Morgan fingerprint density at radius 3 is 1.65 bits per heavy atom. The van der Waals surface area contributed by atoms with Crippen LogP contribution in [-0.2, 0) is 0 Å². The summed E-state index contributed by atoms with van der Waals surface area (Å²) in [7, 11) is 0. The number of alkyl halides is 1. The third-order valence-electron chi connectivity index (χ3n) is 3.26. The third kappa shape index (κ3) is 15.7. The maximum absolute atomic E-state index is 12.5. The molecule has 0 aromatic carbocycles. The second-order valence-electron chi connectivity index (χ2n) is 5.18. The Morgan fingerprint density at radius 2 is 1.24 bits per heavy atom. The van der Waals surface area contributed by atoms with Gasteiger partial charge in [0.05, 0.1) is 6.17 Å². The number of hydrogen-bond acceptors (Lipinski definition) is 0. The molecule has 0 N–H and O–H groups in total. The second-order valence-corrected chi connectivity index (χ2v) is 5.18. The molecule has 1 atom stereocenters. The van der Waals surface area contributed by atoms with E-state index in [2.05, 4.69) is 6.58 Å². The van der Waals surface area contributed by atoms with Crippen molar-refractivity contribution in [2.45, 2.75) is 90.1 Å². The molecule has 0 rings (SSSR count). The molecule has 0 aliphatic rings. The minimum Gasteiger partial charge on any atom is -0.248 e. The Bertz CT molecular complexity index is 152. The topological polar surface area (TPSA) is 0 Å². The summed E-state index contributed by atoms with van der Waals surface area (Å²) >= 11 is 0. The number of hydrogen-bond donors (Lipinski definition) is 0. The molecule has 0 radical (unpaired) electrons. The fourth-order valence-electron chi connectivity index (χ4n) is 2.13. The standard InChI is InChI=1S/C16H31F/c1-3-4-5-6-7-8-9-10-11-12-13-14-15-16(2)17/h3,16H,1,4-15H2,2H3. The summed E-state index contributed by atoms with van der Waals surface area (Å²) in [4.78, 5) is 0. The van der Waals surface area contributed by atoms with E-state index in [0.717, 1.165) is 12.8 Å². The van der Waals surface area contributed by atoms with E-state index in [1.54, 1.807) is 6.92 Å². The zero-order chi connectivity index (χ0) is 12.8. The van der Waals surface area contributed by atoms with Crippen molar-refractivity contribution in [2.75, 3.05) is 0 Å². The van der Waals surface area contributed by atoms with Crippen LogP contribution in [0.25, 0.3) is 0 Å². The first-order chi connectivity index (χ1) is 8.27. The van der Waals surface area contributed by atoms with Crippen molar-refractivity contribution < 1.29 is 4.39 Å². The zero-order valence-corrected chi connectivity index (χ0v) is 11.7. The predicted molar refractivity (Wildman–Crippen MR) is 76.2 cm³/mol. The second kappa shape index (κ2) is 13.7. The first-order valence-electron chi connectivity index (χ1n) is 7.52. The molecule has 0 aromatic heterocycles. The molecule has 0 fully saturated rings. The summed E-state index contributed by atoms with van der Waals surface area (Å²) in [5, 5.41) is 0. The first-order valence-corrected chi connectivity index (χ1v) is 7.52. The smallest absolute Gasteiger partial charge is 0.0973 e. The van der Waals surface area contributed by atoms with Crippen molar-refractivity contribution in [1.29, 1.82) is 0 Å². The van der Waals surface area contributed by atoms with Crippen LogP contribution in [0.3, 0.4) is 0 Å². The maximum atomic E-state index is 12.5. The Hall–Kier alpha value is -0.330. The van der Waals surface area contributed by atoms with Gasteiger partial charge in [-0.1, -0.05) is 63.9 Å². The lowest BCUT2D eigenvalue weighted by Crippen LogP contribution is -1.91. The monoisotopic (exact) mass is 242 g/mol. The lowest BCUT2D eigenvalue weighted by Gasteiger charge is -2.03. The minimum atomic E-state index is -0.606. The minimum absolute atomic E-state index is 0.606. The molecular weight excluding hydrogens is 211 g/mol. The lowest BCUT2D eigenvalue weighted by molar-refractivity contribution is 0.329. The van der Waals surface area contributed by atoms with Crippen LogP contribution >= 0.6 is 0 Å². The van der Waals surface area contributed by atoms with Gasteiger partial charge in [0, 0.05) is 0 Å². The largest absolute Gasteiger partial charge is 0.248 e. The van der Waals surface area contributed by atoms with E-state index in [1.807, 2.05) is 6.08 Å². The Morgan fingerprint density at radius 1 is 0.824 bits per heavy atom. The fraction of sp³-hybridized carbons (Fsp3) is 0.875. The van der Waals surface area contributed by atoms with E-state index in [0.29, 0.717) is 0 Å². The van der Waals surface area contributed by atoms with Crippen LogP contribution in [0.4, 0.5) is 4.39 Å². The van der Waals surface area contributed by atoms with Crippen molar-refractivity contribution in [3.63, 3.8) is 0 Å². The average Bonchev–Trinajstić information content (AvgIpc) is 2.30. The van der Waals surface area contributed by atoms with Crippen molar-refractivity contribution in [3.05, 3.63) is 12.7 Å². The van der Waals surface area contributed by atoms with Gasteiger partial charge in [-0.25, -0.2) is 4.39 Å². The lowest BCUT2D eigenvalue weighted by atomic mass is 10.0. The van der Waals surface area contributed by atoms with Crippen LogP contribution < -0.4 is 0 Å². The number of unbranched alkanes of at least 4 members (excludes halogenated alkanes) is 10. The molecule has 0 aliphatic carbocycles. The van der Waals surface area contributed by atoms with E-state index < -0.39 is 6.17 Å². The van der Waals surface area contributed by atoms with Gasteiger partial charge in [-0.15, -0.1) is 6.58 Å². The van der Waals surface area contributed by atoms with Crippen LogP contribution in [0.15, 0.2) is 12.7 Å². The van der Waals surface area contributed by atoms with Crippen molar-refractivity contribution in [2.24, 2.45) is 0 Å². The normalized spacial score (nSPS) is 12.6. The van der Waals surface area contributed by atoms with Crippen molar-refractivity contribution in [1.82, 2.24) is 0 Å². The average molecular weight is 242 g/mol. The van der Waals surface area contributed by atoms with Crippen LogP contribution in [-0.4, -0.2) is 6.17 Å². The van der Waals surface area contributed by atoms with Gasteiger partial charge in [-0.05, 0) is 26.2 Å². The van der Waals surface area contributed by atoms with E-state index in [4.69, 9.17) is 0 Å². The highest BCUT2D eigenvalue weighted by molar-refractivity contribution is 4.65. The number of allylic oxidation sites excluding steroid dienone is 1. The molecule has 1 heteroatoms. The molecule has 1 unspecified atom stereocenters. The van der Waals surface area contributed by atoms with Crippen LogP contribution in [0, 0.1) is 0 Å². The molecule has 0 aliphatic heterocycles. The van der Waals surface area contributed by atoms with E-state index in [9.17, 15) is 4.39 Å². The van der Waals surface area contributed by atoms with Gasteiger partial charge in [0.15, 0.2) is 0 Å². The zero-order valence-electron chi connectivity index (χ0n) is 11.7. The summed E-state index contributed by atoms with van der Waals surface area (Å²) in [5.41, 5.74) is 0. The van der Waals surface area contributed by atoms with E-state index in [-0.39, 0.29) is 0 Å². The Balaban J connectivity index is 2.91. The van der Waals surface area contributed by atoms with Gasteiger partial charge in [0.1, 0.15) is 0 Å². The highest BCUT2D eigenvalue weighted by Crippen LogP contribution is 2.13. The number of halogens is 1.